The number of aromatic hydroxyl groups is 1. The number of ketones is 2. The lowest BCUT2D eigenvalue weighted by Gasteiger charge is -2.28. The van der Waals surface area contributed by atoms with E-state index in [1.807, 2.05) is 39.2 Å². The molecule has 0 saturated carbocycles. The van der Waals surface area contributed by atoms with Crippen LogP contribution in [0.15, 0.2) is 52.5 Å². The quantitative estimate of drug-likeness (QED) is 0.785. The molecule has 0 aliphatic heterocycles. The molecule has 6 heteroatoms. The monoisotopic (exact) mass is 380 g/mol. The molecule has 0 atom stereocenters. The molecular formula is C22H24N2O4. The van der Waals surface area contributed by atoms with Crippen molar-refractivity contribution in [2.24, 2.45) is 0 Å². The SMILES string of the molecule is CC1=CC(N(C)C)=CC(=O)/C1=C1/C(=O)C(c2c(C)cc(N(C)C)cc2O)=C1O. The highest BCUT2D eigenvalue weighted by molar-refractivity contribution is 6.41. The standard InChI is InChI=1S/C22H24N2O4/c1-11-7-13(23(3)4)9-15(25)17(11)19-21(27)20(22(19)28)18-12(2)8-14(24(5)6)10-16(18)26/h7-10,25,27H,1-6H3/b20-18+. The van der Waals surface area contributed by atoms with E-state index in [0.717, 1.165) is 11.4 Å². The van der Waals surface area contributed by atoms with E-state index in [2.05, 4.69) is 0 Å². The van der Waals surface area contributed by atoms with Crippen molar-refractivity contribution in [1.82, 2.24) is 4.90 Å². The summed E-state index contributed by atoms with van der Waals surface area (Å²) >= 11 is 0. The summed E-state index contributed by atoms with van der Waals surface area (Å²) < 4.78 is 0. The fourth-order valence-corrected chi connectivity index (χ4v) is 3.51. The lowest BCUT2D eigenvalue weighted by Crippen LogP contribution is -2.27. The number of benzene rings is 1. The first-order chi connectivity index (χ1) is 13.0. The van der Waals surface area contributed by atoms with Gasteiger partial charge in [0.05, 0.1) is 11.1 Å². The summed E-state index contributed by atoms with van der Waals surface area (Å²) in [7, 11) is 7.35. The average Bonchev–Trinajstić information content (AvgIpc) is 2.60. The normalized spacial score (nSPS) is 19.4. The molecule has 2 N–H and O–H groups in total. The number of hydrogen-bond acceptors (Lipinski definition) is 6. The first-order valence-electron chi connectivity index (χ1n) is 8.90. The summed E-state index contributed by atoms with van der Waals surface area (Å²) in [4.78, 5) is 29.1. The minimum atomic E-state index is -0.439. The molecule has 0 spiro atoms. The average molecular weight is 380 g/mol. The van der Waals surface area contributed by atoms with Gasteiger partial charge in [0, 0.05) is 62.9 Å². The molecule has 0 amide bonds. The molecule has 0 saturated heterocycles. The van der Waals surface area contributed by atoms with Gasteiger partial charge >= 0.3 is 0 Å². The van der Waals surface area contributed by atoms with E-state index in [0.29, 0.717) is 16.7 Å². The Bertz CT molecular complexity index is 1010. The topological polar surface area (TPSA) is 81.1 Å². The van der Waals surface area contributed by atoms with Gasteiger partial charge in [-0.2, -0.15) is 0 Å². The maximum absolute atomic E-state index is 12.9. The molecule has 3 rings (SSSR count). The van der Waals surface area contributed by atoms with Gasteiger partial charge in [0.1, 0.15) is 11.5 Å². The van der Waals surface area contributed by atoms with Gasteiger partial charge in [0.15, 0.2) is 5.78 Å². The third-order valence-electron chi connectivity index (χ3n) is 5.04. The number of phenolic OH excluding ortho intramolecular Hbond substituents is 1. The Kier molecular flexibility index (Phi) is 4.67. The predicted molar refractivity (Wildman–Crippen MR) is 109 cm³/mol. The van der Waals surface area contributed by atoms with E-state index in [9.17, 15) is 19.8 Å². The second-order valence-corrected chi connectivity index (χ2v) is 7.51. The van der Waals surface area contributed by atoms with E-state index >= 15 is 0 Å². The molecule has 6 nitrogen and oxygen atoms in total. The zero-order chi connectivity index (χ0) is 20.9. The van der Waals surface area contributed by atoms with Gasteiger partial charge < -0.3 is 20.0 Å². The van der Waals surface area contributed by atoms with Gasteiger partial charge in [-0.25, -0.2) is 0 Å². The number of phenols is 1. The molecule has 0 aromatic heterocycles. The second-order valence-electron chi connectivity index (χ2n) is 7.51. The second kappa shape index (κ2) is 6.71. The number of rotatable bonds is 3. The molecule has 2 aliphatic carbocycles. The number of aliphatic hydroxyl groups excluding tert-OH is 1. The van der Waals surface area contributed by atoms with Gasteiger partial charge in [-0.1, -0.05) is 0 Å². The van der Waals surface area contributed by atoms with Crippen LogP contribution in [0.25, 0.3) is 5.57 Å². The zero-order valence-corrected chi connectivity index (χ0v) is 16.9. The summed E-state index contributed by atoms with van der Waals surface area (Å²) in [6.07, 6.45) is 3.25. The molecule has 2 aliphatic rings. The van der Waals surface area contributed by atoms with Crippen molar-refractivity contribution in [3.05, 3.63) is 63.6 Å². The predicted octanol–water partition coefficient (Wildman–Crippen LogP) is 2.89. The number of aliphatic hydroxyl groups is 1. The minimum absolute atomic E-state index is 0.0123. The number of allylic oxidation sites excluding steroid dienone is 6. The van der Waals surface area contributed by atoms with Gasteiger partial charge in [-0.05, 0) is 37.1 Å². The Morgan fingerprint density at radius 3 is 1.93 bits per heavy atom. The van der Waals surface area contributed by atoms with Crippen LogP contribution < -0.4 is 4.90 Å². The number of likely N-dealkylation sites (N-methyl/N-ethyl adjacent to an activating group) is 1. The molecule has 0 unspecified atom stereocenters. The maximum atomic E-state index is 12.9. The Hall–Kier alpha value is -3.28. The van der Waals surface area contributed by atoms with E-state index in [4.69, 9.17) is 0 Å². The highest BCUT2D eigenvalue weighted by Gasteiger charge is 2.41. The van der Waals surface area contributed by atoms with E-state index < -0.39 is 5.78 Å². The third-order valence-corrected chi connectivity index (χ3v) is 5.04. The Morgan fingerprint density at radius 1 is 0.821 bits per heavy atom. The van der Waals surface area contributed by atoms with Crippen LogP contribution in [-0.2, 0) is 9.59 Å². The van der Waals surface area contributed by atoms with Gasteiger partial charge in [-0.3, -0.25) is 9.59 Å². The lowest BCUT2D eigenvalue weighted by atomic mass is 9.76. The van der Waals surface area contributed by atoms with Crippen LogP contribution in [0.5, 0.6) is 5.75 Å². The van der Waals surface area contributed by atoms with E-state index in [1.165, 1.54) is 6.08 Å². The molecule has 28 heavy (non-hydrogen) atoms. The van der Waals surface area contributed by atoms with Crippen LogP contribution in [0.2, 0.25) is 0 Å². The van der Waals surface area contributed by atoms with E-state index in [-0.39, 0.29) is 34.0 Å². The van der Waals surface area contributed by atoms with Crippen LogP contribution in [0.1, 0.15) is 18.1 Å². The number of aryl methyl sites for hydroxylation is 1. The summed E-state index contributed by atoms with van der Waals surface area (Å²) in [5.41, 5.74) is 3.37. The van der Waals surface area contributed by atoms with Crippen molar-refractivity contribution in [3.63, 3.8) is 0 Å². The summed E-state index contributed by atoms with van der Waals surface area (Å²) in [6, 6.07) is 3.38. The van der Waals surface area contributed by atoms with E-state index in [1.54, 1.807) is 30.9 Å². The summed E-state index contributed by atoms with van der Waals surface area (Å²) in [5.74, 6) is -1.09. The number of anilines is 1. The van der Waals surface area contributed by atoms with Crippen LogP contribution in [0, 0.1) is 6.92 Å². The molecule has 0 fully saturated rings. The molecule has 1 aromatic rings. The minimum Gasteiger partial charge on any atom is -0.507 e. The van der Waals surface area contributed by atoms with Gasteiger partial charge in [0.2, 0.25) is 5.78 Å². The van der Waals surface area contributed by atoms with Crippen molar-refractivity contribution >= 4 is 22.8 Å². The molecule has 0 radical (unpaired) electrons. The number of nitrogens with zero attached hydrogens (tertiary/aromatic N) is 2. The zero-order valence-electron chi connectivity index (χ0n) is 16.9. The smallest absolute Gasteiger partial charge is 0.202 e. The van der Waals surface area contributed by atoms with Crippen molar-refractivity contribution < 1.29 is 19.8 Å². The molecule has 1 aromatic carbocycles. The van der Waals surface area contributed by atoms with Crippen LogP contribution >= 0.6 is 0 Å². The van der Waals surface area contributed by atoms with Crippen molar-refractivity contribution in [2.75, 3.05) is 33.1 Å². The third kappa shape index (κ3) is 2.91. The van der Waals surface area contributed by atoms with Gasteiger partial charge in [0.25, 0.3) is 0 Å². The van der Waals surface area contributed by atoms with Crippen molar-refractivity contribution in [3.8, 4) is 5.75 Å². The first kappa shape index (κ1) is 19.5. The fourth-order valence-electron chi connectivity index (χ4n) is 3.51. The number of carbonyl (C=O) groups excluding carboxylic acids is 2. The van der Waals surface area contributed by atoms with Crippen LogP contribution in [-0.4, -0.2) is 54.9 Å². The fraction of sp³-hybridized carbons (Fsp3) is 0.273. The summed E-state index contributed by atoms with van der Waals surface area (Å²) in [5, 5.41) is 21.1. The van der Waals surface area contributed by atoms with Crippen molar-refractivity contribution in [1.29, 1.82) is 0 Å². The summed E-state index contributed by atoms with van der Waals surface area (Å²) in [6.45, 7) is 3.51. The number of hydrogen-bond donors (Lipinski definition) is 2. The molecule has 0 bridgehead atoms. The van der Waals surface area contributed by atoms with Crippen molar-refractivity contribution in [2.45, 2.75) is 13.8 Å². The Labute approximate surface area is 164 Å². The maximum Gasteiger partial charge on any atom is 0.202 e. The first-order valence-corrected chi connectivity index (χ1v) is 8.90. The van der Waals surface area contributed by atoms with Crippen LogP contribution in [0.4, 0.5) is 5.69 Å². The number of Topliss-reactive ketones (excluding diaryl/α,β-unsaturated/α-hetero) is 1. The van der Waals surface area contributed by atoms with Crippen LogP contribution in [0.3, 0.4) is 0 Å². The number of carbonyl (C=O) groups is 2. The largest absolute Gasteiger partial charge is 0.507 e. The highest BCUT2D eigenvalue weighted by Crippen LogP contribution is 2.45. The Balaban J connectivity index is 2.13. The molecular weight excluding hydrogens is 356 g/mol. The molecule has 146 valence electrons. The highest BCUT2D eigenvalue weighted by atomic mass is 16.3. The molecule has 0 heterocycles. The lowest BCUT2D eigenvalue weighted by molar-refractivity contribution is -0.114. The van der Waals surface area contributed by atoms with Gasteiger partial charge in [-0.15, -0.1) is 0 Å². The Morgan fingerprint density at radius 2 is 1.46 bits per heavy atom.